The van der Waals surface area contributed by atoms with Crippen molar-refractivity contribution in [2.45, 2.75) is 132 Å². The number of aromatic amines is 2. The lowest BCUT2D eigenvalue weighted by atomic mass is 9.89. The van der Waals surface area contributed by atoms with E-state index >= 15 is 0 Å². The number of aromatic nitrogens is 4. The highest BCUT2D eigenvalue weighted by Gasteiger charge is 2.28. The lowest BCUT2D eigenvalue weighted by Gasteiger charge is -2.14. The lowest BCUT2D eigenvalue weighted by Crippen LogP contribution is -2.13. The Morgan fingerprint density at radius 1 is 0.438 bits per heavy atom. The molecule has 0 unspecified atom stereocenters. The third-order valence-electron chi connectivity index (χ3n) is 18.4. The first kappa shape index (κ1) is 51.2. The Balaban J connectivity index is 1.13. The number of aryl methyl sites for hydroxylation is 6. The monoisotopic (exact) mass is 1050 g/mol. The van der Waals surface area contributed by atoms with Crippen LogP contribution >= 0.6 is 0 Å². The molecule has 9 aromatic rings. The van der Waals surface area contributed by atoms with Gasteiger partial charge in [0.15, 0.2) is 11.6 Å². The van der Waals surface area contributed by atoms with Crippen molar-refractivity contribution < 1.29 is 9.59 Å². The van der Waals surface area contributed by atoms with E-state index in [1.807, 2.05) is 0 Å². The number of allylic oxidation sites excluding steroid dienone is 8. The van der Waals surface area contributed by atoms with Gasteiger partial charge in [-0.2, -0.15) is 0 Å². The molecule has 0 amide bonds. The normalized spacial score (nSPS) is 15.4. The van der Waals surface area contributed by atoms with E-state index in [-0.39, 0.29) is 11.6 Å². The first-order chi connectivity index (χ1) is 38.9. The van der Waals surface area contributed by atoms with Crippen LogP contribution in [-0.2, 0) is 35.3 Å². The van der Waals surface area contributed by atoms with Gasteiger partial charge in [-0.3, -0.25) is 9.59 Å². The summed E-state index contributed by atoms with van der Waals surface area (Å²) in [5.41, 5.74) is 26.6. The predicted molar refractivity (Wildman–Crippen MR) is 337 cm³/mol. The molecule has 6 nitrogen and oxygen atoms in total. The second-order valence-electron chi connectivity index (χ2n) is 23.0. The Morgan fingerprint density at radius 3 is 1.31 bits per heavy atom. The van der Waals surface area contributed by atoms with Crippen LogP contribution in [0.15, 0.2) is 132 Å². The van der Waals surface area contributed by atoms with Crippen LogP contribution in [0.1, 0.15) is 149 Å². The summed E-state index contributed by atoms with van der Waals surface area (Å²) in [5.74, 6) is -0.0197. The third kappa shape index (κ3) is 8.61. The molecule has 3 aromatic heterocycles. The molecule has 0 atom stereocenters. The fourth-order valence-electron chi connectivity index (χ4n) is 14.1. The van der Waals surface area contributed by atoms with E-state index in [0.29, 0.717) is 24.0 Å². The Bertz CT molecular complexity index is 4360. The molecule has 7 aliphatic rings. The lowest BCUT2D eigenvalue weighted by molar-refractivity contribution is -0.115. The van der Waals surface area contributed by atoms with Crippen LogP contribution in [-0.4, -0.2) is 31.5 Å². The minimum absolute atomic E-state index is 0.00957. The quantitative estimate of drug-likeness (QED) is 0.136. The number of hydrogen-bond donors (Lipinski definition) is 2. The maximum Gasteiger partial charge on any atom is 0.182 e. The molecular formula is C74H70N4O2. The zero-order valence-corrected chi connectivity index (χ0v) is 47.7. The summed E-state index contributed by atoms with van der Waals surface area (Å²) in [6, 6.07) is 41.4. The highest BCUT2D eigenvalue weighted by atomic mass is 16.1. The molecule has 18 bridgehead atoms. The summed E-state index contributed by atoms with van der Waals surface area (Å²) in [7, 11) is 0. The minimum atomic E-state index is -0.0101. The second-order valence-corrected chi connectivity index (χ2v) is 23.0. The molecule has 398 valence electrons. The van der Waals surface area contributed by atoms with Gasteiger partial charge in [0, 0.05) is 33.3 Å². The fourth-order valence-corrected chi connectivity index (χ4v) is 14.1. The molecule has 0 fully saturated rings. The van der Waals surface area contributed by atoms with Crippen LogP contribution in [0.3, 0.4) is 0 Å². The summed E-state index contributed by atoms with van der Waals surface area (Å²) in [6.45, 7) is 18.2. The Hall–Kier alpha value is -8.22. The maximum atomic E-state index is 13.5. The van der Waals surface area contributed by atoms with Crippen molar-refractivity contribution in [2.24, 2.45) is 0 Å². The highest BCUT2D eigenvalue weighted by Crippen LogP contribution is 2.47. The smallest absolute Gasteiger partial charge is 0.182 e. The van der Waals surface area contributed by atoms with Crippen molar-refractivity contribution in [2.75, 3.05) is 0 Å². The van der Waals surface area contributed by atoms with E-state index in [2.05, 4.69) is 175 Å². The first-order valence-corrected chi connectivity index (χ1v) is 29.5. The molecule has 6 heteroatoms. The molecule has 2 N–H and O–H groups in total. The van der Waals surface area contributed by atoms with E-state index < -0.39 is 0 Å². The zero-order valence-electron chi connectivity index (χ0n) is 47.7. The summed E-state index contributed by atoms with van der Waals surface area (Å²) in [4.78, 5) is 46.9. The predicted octanol–water partition coefficient (Wildman–Crippen LogP) is 19.1. The van der Waals surface area contributed by atoms with Crippen LogP contribution < -0.4 is 0 Å². The number of hydrogen-bond acceptors (Lipinski definition) is 4. The third-order valence-corrected chi connectivity index (χ3v) is 18.4. The van der Waals surface area contributed by atoms with E-state index in [0.717, 1.165) is 126 Å². The van der Waals surface area contributed by atoms with E-state index in [1.54, 1.807) is 12.2 Å². The van der Waals surface area contributed by atoms with Gasteiger partial charge in [0.1, 0.15) is 0 Å². The molecule has 0 saturated carbocycles. The molecule has 0 radical (unpaired) electrons. The van der Waals surface area contributed by atoms with Crippen molar-refractivity contribution in [3.05, 3.63) is 189 Å². The SMILES string of the molecule is CCC1=C(C)c2nc1cc1[nH]c(c(C)c1CC)c1c3[nH]c(cc4nc(c2-c2cccc5cc6ccc(cc6cc25)CCCCC2=CC(=O)C(=CC2=O)CCCCc2ccc5cc6cccc-1c6cc5c2)C(C)=C4CC)c(CC)c3C. The van der Waals surface area contributed by atoms with Gasteiger partial charge in [-0.25, -0.2) is 9.97 Å². The van der Waals surface area contributed by atoms with Crippen LogP contribution in [0.4, 0.5) is 0 Å². The van der Waals surface area contributed by atoms with Gasteiger partial charge in [-0.05, 0) is 263 Å². The van der Waals surface area contributed by atoms with Gasteiger partial charge in [0.2, 0.25) is 0 Å². The van der Waals surface area contributed by atoms with Crippen LogP contribution in [0, 0.1) is 13.8 Å². The van der Waals surface area contributed by atoms with Gasteiger partial charge in [0.05, 0.1) is 33.8 Å². The summed E-state index contributed by atoms with van der Waals surface area (Å²) in [5, 5.41) is 9.51. The van der Waals surface area contributed by atoms with Gasteiger partial charge in [-0.1, -0.05) is 100 Å². The van der Waals surface area contributed by atoms with Crippen molar-refractivity contribution in [1.82, 2.24) is 19.9 Å². The minimum Gasteiger partial charge on any atom is -0.354 e. The Labute approximate surface area is 469 Å². The molecular weight excluding hydrogens is 977 g/mol. The maximum absolute atomic E-state index is 13.5. The van der Waals surface area contributed by atoms with Crippen molar-refractivity contribution in [3.8, 4) is 22.3 Å². The molecule has 0 saturated heterocycles. The summed E-state index contributed by atoms with van der Waals surface area (Å²) >= 11 is 0. The van der Waals surface area contributed by atoms with Gasteiger partial charge in [0.25, 0.3) is 0 Å². The van der Waals surface area contributed by atoms with Crippen LogP contribution in [0.25, 0.3) is 110 Å². The molecule has 9 heterocycles. The molecule has 6 aliphatic heterocycles. The second kappa shape index (κ2) is 20.5. The van der Waals surface area contributed by atoms with Crippen molar-refractivity contribution in [1.29, 1.82) is 0 Å². The first-order valence-electron chi connectivity index (χ1n) is 29.5. The van der Waals surface area contributed by atoms with Crippen LogP contribution in [0.2, 0.25) is 0 Å². The number of nitrogens with zero attached hydrogens (tertiary/aromatic N) is 2. The molecule has 6 aromatic carbocycles. The standard InChI is InChI=1S/C74H70N4O2/c1-9-55-41(5)71-69-59-25-17-23-49-33-47-29-27-45(31-53(47)35-61(49)59)19-13-15-21-51-37-68(80)52(38-67(51)79)22-16-14-20-46-28-30-48-34-50-24-18-26-60(62(50)36-54(48)32-46)70(73-42(6)56(10-2)64(76-73)39-63(55)75-71)74-44(8)58(12-4)66(78-74)40-65-57(11-3)43(7)72(69)77-65/h17-18,23-40,75,77H,9-16,19-22H2,1-8H3. The Kier molecular flexibility index (Phi) is 13.1. The average Bonchev–Trinajstić information content (AvgIpc) is 4.26. The van der Waals surface area contributed by atoms with Gasteiger partial charge >= 0.3 is 0 Å². The topological polar surface area (TPSA) is 91.5 Å². The largest absolute Gasteiger partial charge is 0.354 e. The van der Waals surface area contributed by atoms with Gasteiger partial charge < -0.3 is 9.97 Å². The van der Waals surface area contributed by atoms with E-state index in [9.17, 15) is 9.59 Å². The number of H-pyrrole nitrogens is 2. The van der Waals surface area contributed by atoms with E-state index in [4.69, 9.17) is 9.97 Å². The fraction of sp³-hybridized carbons (Fsp3) is 0.270. The van der Waals surface area contributed by atoms with E-state index in [1.165, 1.54) is 104 Å². The highest BCUT2D eigenvalue weighted by molar-refractivity contribution is 6.20. The molecule has 80 heavy (non-hydrogen) atoms. The summed E-state index contributed by atoms with van der Waals surface area (Å²) < 4.78 is 0. The van der Waals surface area contributed by atoms with Crippen molar-refractivity contribution >= 4 is 99.0 Å². The van der Waals surface area contributed by atoms with Crippen molar-refractivity contribution in [3.63, 3.8) is 0 Å². The molecule has 16 rings (SSSR count). The number of benzene rings is 6. The number of carbonyl (C=O) groups excluding carboxylic acids is 2. The van der Waals surface area contributed by atoms with Crippen LogP contribution in [0.5, 0.6) is 0 Å². The Morgan fingerprint density at radius 2 is 0.875 bits per heavy atom. The molecule has 1 aliphatic carbocycles. The number of nitrogens with one attached hydrogen (secondary N) is 2. The van der Waals surface area contributed by atoms with Gasteiger partial charge in [-0.15, -0.1) is 0 Å². The number of carbonyl (C=O) groups is 2. The average molecular weight is 1050 g/mol. The number of ketones is 2. The zero-order chi connectivity index (χ0) is 55.1. The number of rotatable bonds is 4. The molecule has 0 spiro atoms. The summed E-state index contributed by atoms with van der Waals surface area (Å²) in [6.07, 6.45) is 13.1.